The molecule has 292 valence electrons. The molecule has 0 saturated carbocycles. The summed E-state index contributed by atoms with van der Waals surface area (Å²) < 4.78 is 20.8. The normalized spacial score (nSPS) is 22.6. The van der Waals surface area contributed by atoms with Gasteiger partial charge in [0.15, 0.2) is 52.6 Å². The monoisotopic (exact) mass is 784 g/mol. The first-order valence-electron chi connectivity index (χ1n) is 15.7. The van der Waals surface area contributed by atoms with Crippen molar-refractivity contribution in [2.45, 2.75) is 30.3 Å². The Morgan fingerprint density at radius 3 is 2.00 bits per heavy atom. The maximum absolute atomic E-state index is 14.0. The van der Waals surface area contributed by atoms with E-state index in [0.717, 1.165) is 0 Å². The molecule has 7 rings (SSSR count). The van der Waals surface area contributed by atoms with E-state index in [1.807, 2.05) is 0 Å². The van der Waals surface area contributed by atoms with Gasteiger partial charge in [-0.1, -0.05) is 0 Å². The van der Waals surface area contributed by atoms with Crippen LogP contribution in [0, 0.1) is 5.92 Å². The summed E-state index contributed by atoms with van der Waals surface area (Å²) in [6.07, 6.45) is -10.1. The molecule has 3 aliphatic heterocycles. The fraction of sp³-hybridized carbons (Fsp3) is 0.206. The number of hydrogen-bond donors (Lipinski definition) is 13. The summed E-state index contributed by atoms with van der Waals surface area (Å²) in [5, 5.41) is 139. The molecule has 0 amide bonds. The van der Waals surface area contributed by atoms with E-state index in [4.69, 9.17) is 18.9 Å². The zero-order chi connectivity index (χ0) is 41.0. The van der Waals surface area contributed by atoms with Crippen LogP contribution in [0.2, 0.25) is 0 Å². The van der Waals surface area contributed by atoms with Crippen molar-refractivity contribution < 1.29 is 109 Å². The summed E-state index contributed by atoms with van der Waals surface area (Å²) in [6.45, 7) is -1.36. The molecule has 0 radical (unpaired) electrons. The van der Waals surface area contributed by atoms with Gasteiger partial charge in [0.05, 0.1) is 22.3 Å². The first-order chi connectivity index (χ1) is 26.3. The minimum absolute atomic E-state index is 0.255. The highest BCUT2D eigenvalue weighted by atomic mass is 16.6. The SMILES string of the molecule is O=CC(O)C(O)C1OC(O)=c2cc(O)c(O)c(O)c2=C2C(=O)C(O)=C3OC(=O)c4c(c(O)c(O)c5c4C3C2C(=O)O5)-c2c(cc(O)c(O)c2O)C(=O)OCC1O. The highest BCUT2D eigenvalue weighted by molar-refractivity contribution is 6.29. The second-order valence-electron chi connectivity index (χ2n) is 12.6. The molecule has 0 aromatic heterocycles. The molecular formula is C34H24O22. The van der Waals surface area contributed by atoms with E-state index in [2.05, 4.69) is 0 Å². The number of Topliss-reactive ketones (excluding diaryl/α,β-unsaturated/α-hetero) is 1. The maximum Gasteiger partial charge on any atom is 0.344 e. The Kier molecular flexibility index (Phi) is 8.29. The highest BCUT2D eigenvalue weighted by Gasteiger charge is 2.57. The van der Waals surface area contributed by atoms with E-state index in [9.17, 15) is 90.4 Å². The zero-order valence-electron chi connectivity index (χ0n) is 27.4. The summed E-state index contributed by atoms with van der Waals surface area (Å²) in [5.41, 5.74) is -6.08. The van der Waals surface area contributed by atoms with Crippen LogP contribution in [0.1, 0.15) is 32.2 Å². The minimum Gasteiger partial charge on any atom is -0.504 e. The molecule has 6 bridgehead atoms. The number of rotatable bonds is 3. The highest BCUT2D eigenvalue weighted by Crippen LogP contribution is 2.62. The van der Waals surface area contributed by atoms with Crippen molar-refractivity contribution in [2.75, 3.05) is 6.61 Å². The van der Waals surface area contributed by atoms with Gasteiger partial charge >= 0.3 is 17.9 Å². The van der Waals surface area contributed by atoms with Crippen LogP contribution in [0.15, 0.2) is 23.7 Å². The van der Waals surface area contributed by atoms with E-state index < -0.39 is 180 Å². The van der Waals surface area contributed by atoms with Crippen molar-refractivity contribution in [3.05, 3.63) is 50.8 Å². The fourth-order valence-corrected chi connectivity index (χ4v) is 6.99. The molecule has 0 saturated heterocycles. The lowest BCUT2D eigenvalue weighted by molar-refractivity contribution is -0.140. The molecule has 22 heteroatoms. The summed E-state index contributed by atoms with van der Waals surface area (Å²) in [4.78, 5) is 66.7. The second kappa shape index (κ2) is 12.6. The van der Waals surface area contributed by atoms with Crippen LogP contribution in [-0.4, -0.2) is 127 Å². The number of benzene rings is 3. The van der Waals surface area contributed by atoms with Crippen LogP contribution in [-0.2, 0) is 28.6 Å². The molecule has 56 heavy (non-hydrogen) atoms. The lowest BCUT2D eigenvalue weighted by atomic mass is 9.68. The molecular weight excluding hydrogens is 760 g/mol. The Balaban J connectivity index is 1.71. The number of ether oxygens (including phenoxy) is 4. The van der Waals surface area contributed by atoms with Gasteiger partial charge in [0.2, 0.25) is 28.8 Å². The Labute approximate surface area is 307 Å². The lowest BCUT2D eigenvalue weighted by Crippen LogP contribution is -2.49. The van der Waals surface area contributed by atoms with Crippen LogP contribution in [0.25, 0.3) is 22.6 Å². The van der Waals surface area contributed by atoms with Crippen molar-refractivity contribution in [3.8, 4) is 62.9 Å². The molecule has 3 aromatic carbocycles. The van der Waals surface area contributed by atoms with Crippen molar-refractivity contribution in [2.24, 2.45) is 5.92 Å². The molecule has 22 nitrogen and oxygen atoms in total. The second-order valence-corrected chi connectivity index (χ2v) is 12.6. The molecule has 4 aliphatic rings. The van der Waals surface area contributed by atoms with Crippen LogP contribution >= 0.6 is 0 Å². The summed E-state index contributed by atoms with van der Waals surface area (Å²) >= 11 is 0. The molecule has 1 aliphatic carbocycles. The third-order valence-corrected chi connectivity index (χ3v) is 9.55. The van der Waals surface area contributed by atoms with Crippen molar-refractivity contribution in [1.82, 2.24) is 0 Å². The lowest BCUT2D eigenvalue weighted by Gasteiger charge is -2.40. The molecule has 13 N–H and O–H groups in total. The average Bonchev–Trinajstić information content (AvgIpc) is 3.16. The number of fused-ring (bicyclic) bond motifs is 3. The summed E-state index contributed by atoms with van der Waals surface area (Å²) in [7, 11) is 0. The average molecular weight is 785 g/mol. The number of allylic oxidation sites excluding steroid dienone is 2. The van der Waals surface area contributed by atoms with Crippen LogP contribution in [0.4, 0.5) is 0 Å². The van der Waals surface area contributed by atoms with Crippen molar-refractivity contribution >= 4 is 41.5 Å². The number of phenolic OH excluding ortho intramolecular Hbond substituents is 8. The Morgan fingerprint density at radius 2 is 1.34 bits per heavy atom. The van der Waals surface area contributed by atoms with Crippen LogP contribution in [0.3, 0.4) is 0 Å². The van der Waals surface area contributed by atoms with Crippen molar-refractivity contribution in [3.63, 3.8) is 0 Å². The first-order valence-corrected chi connectivity index (χ1v) is 15.7. The number of aldehydes is 1. The number of cyclic esters (lactones) is 1. The topological polar surface area (TPSA) is 385 Å². The van der Waals surface area contributed by atoms with Crippen LogP contribution in [0.5, 0.6) is 51.7 Å². The first kappa shape index (κ1) is 36.9. The van der Waals surface area contributed by atoms with E-state index >= 15 is 0 Å². The largest absolute Gasteiger partial charge is 0.504 e. The van der Waals surface area contributed by atoms with E-state index in [0.29, 0.717) is 12.1 Å². The third kappa shape index (κ3) is 4.96. The molecule has 6 atom stereocenters. The number of aromatic hydroxyl groups is 8. The van der Waals surface area contributed by atoms with Gasteiger partial charge in [0.25, 0.3) is 5.95 Å². The number of aliphatic hydroxyl groups excluding tert-OH is 5. The summed E-state index contributed by atoms with van der Waals surface area (Å²) in [6, 6.07) is 0.831. The number of carbonyl (C=O) groups is 5. The van der Waals surface area contributed by atoms with Crippen molar-refractivity contribution in [1.29, 1.82) is 0 Å². The van der Waals surface area contributed by atoms with Gasteiger partial charge in [0, 0.05) is 27.5 Å². The predicted molar refractivity (Wildman–Crippen MR) is 172 cm³/mol. The maximum atomic E-state index is 14.0. The van der Waals surface area contributed by atoms with Gasteiger partial charge in [-0.05, 0) is 12.1 Å². The number of hydrogen-bond acceptors (Lipinski definition) is 22. The van der Waals surface area contributed by atoms with Gasteiger partial charge in [-0.3, -0.25) is 9.59 Å². The van der Waals surface area contributed by atoms with Gasteiger partial charge in [-0.15, -0.1) is 0 Å². The molecule has 6 unspecified atom stereocenters. The summed E-state index contributed by atoms with van der Waals surface area (Å²) in [5.74, 6) is -27.2. The minimum atomic E-state index is -2.54. The number of carbonyl (C=O) groups excluding carboxylic acids is 5. The zero-order valence-corrected chi connectivity index (χ0v) is 27.4. The van der Waals surface area contributed by atoms with E-state index in [-0.39, 0.29) is 6.29 Å². The number of phenols is 8. The number of esters is 3. The Bertz CT molecular complexity index is 2530. The van der Waals surface area contributed by atoms with Gasteiger partial charge < -0.3 is 90.1 Å². The predicted octanol–water partition coefficient (Wildman–Crippen LogP) is -2.55. The molecule has 3 aromatic rings. The molecule has 0 spiro atoms. The third-order valence-electron chi connectivity index (χ3n) is 9.55. The molecule has 0 fully saturated rings. The van der Waals surface area contributed by atoms with Gasteiger partial charge in [-0.2, -0.15) is 0 Å². The van der Waals surface area contributed by atoms with E-state index in [1.165, 1.54) is 0 Å². The van der Waals surface area contributed by atoms with Crippen LogP contribution < -0.4 is 15.2 Å². The van der Waals surface area contributed by atoms with Gasteiger partial charge in [-0.25, -0.2) is 9.59 Å². The van der Waals surface area contributed by atoms with E-state index in [1.54, 1.807) is 0 Å². The number of aliphatic hydroxyl groups is 5. The standard InChI is InChI=1S/C34H24O22/c35-3-9(38)21(42)28-10(39)4-53-31(49)5-1-7(36)19(40)22(43)11(5)13-17-15-16-18(34(52)56-29(15)26(47)24(13)45)14(25(46)27(48)30(16)55-33(17)51)12-6(32(50)54-28)2-8(37)20(41)23(12)44/h1-3,9-10,16,18,21,28,36-45,47-48,50H,4H2. The number of ketones is 1. The Morgan fingerprint density at radius 1 is 0.714 bits per heavy atom. The molecule has 3 heterocycles. The quantitative estimate of drug-likeness (QED) is 0.0562. The van der Waals surface area contributed by atoms with Gasteiger partial charge in [0.1, 0.15) is 30.8 Å². The smallest absolute Gasteiger partial charge is 0.344 e. The fourth-order valence-electron chi connectivity index (χ4n) is 6.99. The Hall–Kier alpha value is -7.43.